The molecular weight excluding hydrogens is 635 g/mol. The van der Waals surface area contributed by atoms with E-state index in [0.717, 1.165) is 61.3 Å². The maximum absolute atomic E-state index is 14.7. The van der Waals surface area contributed by atoms with Gasteiger partial charge in [0.2, 0.25) is 0 Å². The number of pyridine rings is 1. The van der Waals surface area contributed by atoms with Crippen molar-refractivity contribution in [2.75, 3.05) is 37.6 Å². The van der Waals surface area contributed by atoms with Gasteiger partial charge in [-0.2, -0.15) is 0 Å². The zero-order valence-electron chi connectivity index (χ0n) is 28.6. The number of hydrogen-bond acceptors (Lipinski definition) is 6. The van der Waals surface area contributed by atoms with Crippen molar-refractivity contribution in [3.63, 3.8) is 0 Å². The number of benzene rings is 4. The standard InChI is InChI=1S/C43H41N5O3/c49-40-43(34-17-6-2-7-18-34,35-19-8-3-9-20-35)45-39(37-22-12-13-26-44-37)47(40)28-14-27-46-29-24-42(25-30-46)32-48(38-23-11-10-21-36(38)42)41(50)51-31-33-15-4-1-5-16-33/h1-13,15-23,26H,14,24-25,27-32H2. The molecule has 0 saturated carbocycles. The van der Waals surface area contributed by atoms with Crippen molar-refractivity contribution in [1.29, 1.82) is 0 Å². The fourth-order valence-electron chi connectivity index (χ4n) is 8.03. The van der Waals surface area contributed by atoms with Crippen LogP contribution in [0.4, 0.5) is 10.5 Å². The summed E-state index contributed by atoms with van der Waals surface area (Å²) in [5, 5.41) is 0. The molecule has 0 aliphatic carbocycles. The molecule has 2 amide bonds. The summed E-state index contributed by atoms with van der Waals surface area (Å²) in [6.45, 7) is 4.08. The fraction of sp³-hybridized carbons (Fsp3) is 0.256. The van der Waals surface area contributed by atoms with Crippen LogP contribution in [0.25, 0.3) is 0 Å². The Morgan fingerprint density at radius 2 is 1.35 bits per heavy atom. The lowest BCUT2D eigenvalue weighted by atomic mass is 9.74. The number of amides is 2. The molecule has 51 heavy (non-hydrogen) atoms. The number of carbonyl (C=O) groups is 2. The Hall–Kier alpha value is -5.60. The maximum atomic E-state index is 14.7. The summed E-state index contributed by atoms with van der Waals surface area (Å²) in [6.07, 6.45) is 4.13. The third kappa shape index (κ3) is 6.10. The average Bonchev–Trinajstić information content (AvgIpc) is 3.68. The summed E-state index contributed by atoms with van der Waals surface area (Å²) in [5.41, 5.74) is 4.25. The zero-order valence-corrected chi connectivity index (χ0v) is 28.6. The number of carbonyl (C=O) groups excluding carboxylic acids is 2. The number of fused-ring (bicyclic) bond motifs is 2. The predicted molar refractivity (Wildman–Crippen MR) is 199 cm³/mol. The number of amidine groups is 1. The highest BCUT2D eigenvalue weighted by Crippen LogP contribution is 2.47. The molecule has 8 rings (SSSR count). The van der Waals surface area contributed by atoms with Crippen LogP contribution >= 0.6 is 0 Å². The molecule has 256 valence electrons. The van der Waals surface area contributed by atoms with Gasteiger partial charge in [0.1, 0.15) is 12.3 Å². The lowest BCUT2D eigenvalue weighted by Crippen LogP contribution is -2.47. The van der Waals surface area contributed by atoms with E-state index in [1.54, 1.807) is 6.20 Å². The topological polar surface area (TPSA) is 78.3 Å². The minimum atomic E-state index is -1.18. The van der Waals surface area contributed by atoms with Crippen molar-refractivity contribution in [2.45, 2.75) is 36.8 Å². The van der Waals surface area contributed by atoms with Crippen molar-refractivity contribution in [1.82, 2.24) is 14.8 Å². The molecule has 0 bridgehead atoms. The summed E-state index contributed by atoms with van der Waals surface area (Å²) in [6, 6.07) is 43.6. The first-order valence-electron chi connectivity index (χ1n) is 17.8. The van der Waals surface area contributed by atoms with Gasteiger partial charge in [-0.3, -0.25) is 19.6 Å². The molecule has 1 saturated heterocycles. The SMILES string of the molecule is O=C(OCc1ccccc1)N1CC2(CCN(CCCN3C(=O)C(c4ccccc4)(c4ccccc4)N=C3c3ccccn3)CC2)c2ccccc21. The number of likely N-dealkylation sites (tertiary alicyclic amines) is 1. The van der Waals surface area contributed by atoms with Crippen LogP contribution in [0.1, 0.15) is 47.2 Å². The Morgan fingerprint density at radius 1 is 0.725 bits per heavy atom. The molecule has 4 aromatic carbocycles. The van der Waals surface area contributed by atoms with E-state index in [1.807, 2.05) is 131 Å². The number of ether oxygens (including phenoxy) is 1. The fourth-order valence-corrected chi connectivity index (χ4v) is 8.03. The number of nitrogens with zero attached hydrogens (tertiary/aromatic N) is 5. The molecule has 0 N–H and O–H groups in total. The average molecular weight is 676 g/mol. The van der Waals surface area contributed by atoms with E-state index in [9.17, 15) is 9.59 Å². The number of rotatable bonds is 9. The molecule has 1 spiro atoms. The Balaban J connectivity index is 0.960. The number of hydrogen-bond donors (Lipinski definition) is 0. The Morgan fingerprint density at radius 3 is 2.02 bits per heavy atom. The zero-order chi connectivity index (χ0) is 34.7. The van der Waals surface area contributed by atoms with Gasteiger partial charge in [-0.1, -0.05) is 115 Å². The van der Waals surface area contributed by atoms with Gasteiger partial charge in [-0.25, -0.2) is 9.79 Å². The van der Waals surface area contributed by atoms with Crippen LogP contribution in [0.3, 0.4) is 0 Å². The van der Waals surface area contributed by atoms with Crippen molar-refractivity contribution in [2.24, 2.45) is 4.99 Å². The molecule has 1 fully saturated rings. The Kier molecular flexibility index (Phi) is 8.92. The minimum absolute atomic E-state index is 0.0556. The molecule has 0 unspecified atom stereocenters. The van der Waals surface area contributed by atoms with Crippen LogP contribution < -0.4 is 4.90 Å². The van der Waals surface area contributed by atoms with Gasteiger partial charge in [0.15, 0.2) is 11.4 Å². The van der Waals surface area contributed by atoms with Crippen LogP contribution in [-0.4, -0.2) is 65.3 Å². The summed E-state index contributed by atoms with van der Waals surface area (Å²) < 4.78 is 5.78. The highest BCUT2D eigenvalue weighted by Gasteiger charge is 2.51. The number of aliphatic imine (C=N–C) groups is 1. The van der Waals surface area contributed by atoms with E-state index >= 15 is 0 Å². The lowest BCUT2D eigenvalue weighted by Gasteiger charge is -2.40. The van der Waals surface area contributed by atoms with Gasteiger partial charge < -0.3 is 9.64 Å². The quantitative estimate of drug-likeness (QED) is 0.165. The summed E-state index contributed by atoms with van der Waals surface area (Å²) in [7, 11) is 0. The highest BCUT2D eigenvalue weighted by molar-refractivity contribution is 6.16. The summed E-state index contributed by atoms with van der Waals surface area (Å²) in [5.74, 6) is 0.549. The van der Waals surface area contributed by atoms with Crippen molar-refractivity contribution < 1.29 is 14.3 Å². The van der Waals surface area contributed by atoms with Gasteiger partial charge in [-0.15, -0.1) is 0 Å². The molecular formula is C43H41N5O3. The van der Waals surface area contributed by atoms with Crippen molar-refractivity contribution in [3.8, 4) is 0 Å². The van der Waals surface area contributed by atoms with Gasteiger partial charge in [0.05, 0.1) is 5.69 Å². The second kappa shape index (κ2) is 14.0. The van der Waals surface area contributed by atoms with E-state index in [0.29, 0.717) is 24.6 Å². The Labute approximate surface area is 299 Å². The highest BCUT2D eigenvalue weighted by atomic mass is 16.6. The lowest BCUT2D eigenvalue weighted by molar-refractivity contribution is -0.130. The molecule has 1 aromatic heterocycles. The first kappa shape index (κ1) is 32.6. The van der Waals surface area contributed by atoms with E-state index in [2.05, 4.69) is 22.0 Å². The summed E-state index contributed by atoms with van der Waals surface area (Å²) >= 11 is 0. The number of anilines is 1. The summed E-state index contributed by atoms with van der Waals surface area (Å²) in [4.78, 5) is 44.1. The van der Waals surface area contributed by atoms with Crippen molar-refractivity contribution >= 4 is 23.5 Å². The normalized spacial score (nSPS) is 17.7. The largest absolute Gasteiger partial charge is 0.444 e. The van der Waals surface area contributed by atoms with E-state index in [1.165, 1.54) is 5.56 Å². The monoisotopic (exact) mass is 675 g/mol. The molecule has 4 heterocycles. The van der Waals surface area contributed by atoms with Gasteiger partial charge >= 0.3 is 6.09 Å². The van der Waals surface area contributed by atoms with E-state index in [4.69, 9.17) is 9.73 Å². The smallest absolute Gasteiger partial charge is 0.414 e. The molecule has 3 aliphatic heterocycles. The minimum Gasteiger partial charge on any atom is -0.444 e. The van der Waals surface area contributed by atoms with E-state index in [-0.39, 0.29) is 24.0 Å². The van der Waals surface area contributed by atoms with Crippen LogP contribution in [-0.2, 0) is 27.1 Å². The predicted octanol–water partition coefficient (Wildman–Crippen LogP) is 7.19. The number of piperidine rings is 1. The molecule has 8 nitrogen and oxygen atoms in total. The van der Waals surface area contributed by atoms with Gasteiger partial charge in [0, 0.05) is 24.7 Å². The Bertz CT molecular complexity index is 1970. The van der Waals surface area contributed by atoms with Gasteiger partial charge in [0.25, 0.3) is 5.91 Å². The first-order chi connectivity index (χ1) is 25.1. The second-order valence-electron chi connectivity index (χ2n) is 13.7. The number of aromatic nitrogens is 1. The van der Waals surface area contributed by atoms with E-state index < -0.39 is 5.54 Å². The van der Waals surface area contributed by atoms with Gasteiger partial charge in [-0.05, 0) is 79.3 Å². The molecule has 0 atom stereocenters. The number of para-hydroxylation sites is 1. The van der Waals surface area contributed by atoms with Crippen LogP contribution in [0.5, 0.6) is 0 Å². The molecule has 0 radical (unpaired) electrons. The maximum Gasteiger partial charge on any atom is 0.414 e. The molecule has 3 aliphatic rings. The van der Waals surface area contributed by atoms with Crippen LogP contribution in [0.2, 0.25) is 0 Å². The van der Waals surface area contributed by atoms with Crippen LogP contribution in [0.15, 0.2) is 145 Å². The first-order valence-corrected chi connectivity index (χ1v) is 17.8. The third-order valence-corrected chi connectivity index (χ3v) is 10.7. The second-order valence-corrected chi connectivity index (χ2v) is 13.7. The third-order valence-electron chi connectivity index (χ3n) is 10.7. The van der Waals surface area contributed by atoms with Crippen molar-refractivity contribution in [3.05, 3.63) is 168 Å². The van der Waals surface area contributed by atoms with Crippen LogP contribution in [0, 0.1) is 0 Å². The molecule has 8 heteroatoms. The molecule has 5 aromatic rings.